The van der Waals surface area contributed by atoms with Gasteiger partial charge in [-0.25, -0.2) is 0 Å². The van der Waals surface area contributed by atoms with Gasteiger partial charge in [0, 0.05) is 92.4 Å². The Kier molecular flexibility index (Phi) is 14.1. The Labute approximate surface area is 436 Å². The van der Waals surface area contributed by atoms with Gasteiger partial charge in [0.15, 0.2) is 46.0 Å². The van der Waals surface area contributed by atoms with Gasteiger partial charge in [0.1, 0.15) is 46.0 Å². The third-order valence-corrected chi connectivity index (χ3v) is 13.7. The maximum absolute atomic E-state index is 12.2. The van der Waals surface area contributed by atoms with Crippen LogP contribution in [0.15, 0.2) is 121 Å². The lowest BCUT2D eigenvalue weighted by molar-refractivity contribution is 0.317. The van der Waals surface area contributed by atoms with Crippen molar-refractivity contribution in [2.24, 2.45) is 0 Å². The minimum atomic E-state index is -1.27. The summed E-state index contributed by atoms with van der Waals surface area (Å²) in [6, 6.07) is 27.8. The van der Waals surface area contributed by atoms with Gasteiger partial charge in [0.2, 0.25) is 0 Å². The molecule has 1 aliphatic rings. The Morgan fingerprint density at radius 3 is 0.566 bits per heavy atom. The van der Waals surface area contributed by atoms with Crippen LogP contribution in [0.1, 0.15) is 118 Å². The molecule has 8 aromatic rings. The summed E-state index contributed by atoms with van der Waals surface area (Å²) in [5.41, 5.74) is 1.53. The predicted molar refractivity (Wildman–Crippen MR) is 280 cm³/mol. The molecule has 0 spiro atoms. The Hall–Kier alpha value is -9.44. The highest BCUT2D eigenvalue weighted by molar-refractivity contribution is 5.68. The molecule has 0 unspecified atom stereocenters. The van der Waals surface area contributed by atoms with E-state index in [0.717, 1.165) is 24.3 Å². The summed E-state index contributed by atoms with van der Waals surface area (Å²) in [5, 5.41) is 142. The van der Waals surface area contributed by atoms with Gasteiger partial charge in [-0.1, -0.05) is 24.3 Å². The number of benzene rings is 8. The summed E-state index contributed by atoms with van der Waals surface area (Å²) in [6.07, 6.45) is 0. The molecule has 0 saturated carbocycles. The van der Waals surface area contributed by atoms with Gasteiger partial charge in [0.25, 0.3) is 0 Å². The van der Waals surface area contributed by atoms with Gasteiger partial charge in [-0.2, -0.15) is 0 Å². The zero-order valence-electron chi connectivity index (χ0n) is 41.7. The minimum absolute atomic E-state index is 0.0345. The molecule has 12 N–H and O–H groups in total. The topological polar surface area (TPSA) is 280 Å². The second-order valence-electron chi connectivity index (χ2n) is 18.3. The van der Waals surface area contributed by atoms with E-state index in [9.17, 15) is 61.3 Å². The molecule has 0 amide bonds. The van der Waals surface area contributed by atoms with Crippen molar-refractivity contribution in [2.45, 2.75) is 51.4 Å². The van der Waals surface area contributed by atoms with Crippen LogP contribution in [0, 0.1) is 0 Å². The molecule has 0 atom stereocenters. The Morgan fingerprint density at radius 1 is 0.237 bits per heavy atom. The van der Waals surface area contributed by atoms with Crippen LogP contribution in [0.25, 0.3) is 0 Å². The number of fused-ring (bicyclic) bond motifs is 8. The fourth-order valence-electron chi connectivity index (χ4n) is 10.3. The van der Waals surface area contributed by atoms with E-state index >= 15 is 0 Å². The highest BCUT2D eigenvalue weighted by Crippen LogP contribution is 2.55. The first-order valence-electron chi connectivity index (χ1n) is 24.5. The Balaban J connectivity index is 1.50. The molecule has 0 fully saturated rings. The largest absolute Gasteiger partial charge is 0.507 e. The minimum Gasteiger partial charge on any atom is -0.507 e. The first-order chi connectivity index (χ1) is 36.5. The van der Waals surface area contributed by atoms with Crippen LogP contribution in [0.5, 0.6) is 92.0 Å². The molecule has 0 saturated heterocycles. The number of phenols is 12. The van der Waals surface area contributed by atoms with Crippen molar-refractivity contribution in [2.75, 3.05) is 26.4 Å². The summed E-state index contributed by atoms with van der Waals surface area (Å²) >= 11 is 0. The first kappa shape index (κ1) is 51.5. The molecule has 392 valence electrons. The molecule has 16 nitrogen and oxygen atoms in total. The van der Waals surface area contributed by atoms with E-state index in [0.29, 0.717) is 22.3 Å². The molecule has 0 aromatic heterocycles. The molecule has 0 radical (unpaired) electrons. The zero-order chi connectivity index (χ0) is 54.3. The van der Waals surface area contributed by atoms with Gasteiger partial charge < -0.3 is 80.2 Å². The number of ether oxygens (including phenoxy) is 4. The van der Waals surface area contributed by atoms with Gasteiger partial charge in [0.05, 0.1) is 26.4 Å². The fraction of sp³-hybridized carbons (Fsp3) is 0.200. The van der Waals surface area contributed by atoms with E-state index < -0.39 is 69.7 Å². The molecule has 9 rings (SSSR count). The molecule has 0 heterocycles. The standard InChI is InChI=1S/C60H56O16/c1-5-73-53-17-29(9-13-41(53)61)57-33-21-35(47(67)25-45(33)65)58(30-10-14-42(62)54(18-30)74-6-2)37-23-39(51(71)27-49(37)69)60(32-12-16-44(64)56(20-32)76-8-4)40-24-38(50(70)28-52(40)72)59(36-22-34(57)46(66)26-48(36)68)31-11-15-43(63)55(19-31)75-7-3/h9-28,57-72H,5-8H2,1-4H3/t57-,58+,59?,60?. The van der Waals surface area contributed by atoms with E-state index in [1.54, 1.807) is 27.7 Å². The molecule has 0 aliphatic heterocycles. The summed E-state index contributed by atoms with van der Waals surface area (Å²) in [4.78, 5) is 0. The summed E-state index contributed by atoms with van der Waals surface area (Å²) < 4.78 is 23.3. The Bertz CT molecular complexity index is 2950. The Morgan fingerprint density at radius 2 is 0.408 bits per heavy atom. The van der Waals surface area contributed by atoms with Gasteiger partial charge in [-0.05, 0) is 123 Å². The van der Waals surface area contributed by atoms with E-state index in [-0.39, 0.29) is 117 Å². The van der Waals surface area contributed by atoms with Crippen molar-refractivity contribution >= 4 is 0 Å². The molecular weight excluding hydrogens is 977 g/mol. The smallest absolute Gasteiger partial charge is 0.161 e. The van der Waals surface area contributed by atoms with Crippen LogP contribution in [-0.2, 0) is 0 Å². The van der Waals surface area contributed by atoms with Crippen molar-refractivity contribution in [3.63, 3.8) is 0 Å². The van der Waals surface area contributed by atoms with Gasteiger partial charge >= 0.3 is 0 Å². The maximum Gasteiger partial charge on any atom is 0.161 e. The average Bonchev–Trinajstić information content (AvgIpc) is 3.37. The van der Waals surface area contributed by atoms with Crippen LogP contribution < -0.4 is 18.9 Å². The zero-order valence-corrected chi connectivity index (χ0v) is 41.7. The lowest BCUT2D eigenvalue weighted by Crippen LogP contribution is -2.13. The number of aromatic hydroxyl groups is 12. The van der Waals surface area contributed by atoms with Crippen molar-refractivity contribution in [3.05, 3.63) is 188 Å². The molecule has 8 aromatic carbocycles. The third-order valence-electron chi connectivity index (χ3n) is 13.7. The van der Waals surface area contributed by atoms with Crippen molar-refractivity contribution in [1.82, 2.24) is 0 Å². The normalized spacial score (nSPS) is 15.9. The van der Waals surface area contributed by atoms with Crippen LogP contribution >= 0.6 is 0 Å². The van der Waals surface area contributed by atoms with E-state index in [1.165, 1.54) is 97.1 Å². The SMILES string of the molecule is CCOc1cc(C2c3cc(c(O)cc3O)C(c3ccc(O)c(OCC)c3)c3cc(c(O)cc3O)[C@H](c3ccc(O)c(OCC)c3)c3cc(c(O)cc3O)[C@H](c3ccc(O)c(OCC)c3)c3cc2c(O)cc3O)ccc1O. The van der Waals surface area contributed by atoms with Crippen LogP contribution in [-0.4, -0.2) is 87.7 Å². The lowest BCUT2D eigenvalue weighted by Gasteiger charge is -2.30. The summed E-state index contributed by atoms with van der Waals surface area (Å²) in [5.74, 6) is -9.71. The van der Waals surface area contributed by atoms with E-state index in [4.69, 9.17) is 18.9 Å². The maximum atomic E-state index is 12.2. The van der Waals surface area contributed by atoms with Crippen molar-refractivity contribution in [1.29, 1.82) is 0 Å². The van der Waals surface area contributed by atoms with Crippen LogP contribution in [0.3, 0.4) is 0 Å². The number of phenolic OH excluding ortho intramolecular Hbond substituents is 12. The van der Waals surface area contributed by atoms with Gasteiger partial charge in [-0.3, -0.25) is 0 Å². The van der Waals surface area contributed by atoms with Gasteiger partial charge in [-0.15, -0.1) is 0 Å². The average molecular weight is 1030 g/mol. The third kappa shape index (κ3) is 9.40. The second kappa shape index (κ2) is 20.8. The van der Waals surface area contributed by atoms with E-state index in [2.05, 4.69) is 0 Å². The predicted octanol–water partition coefficient (Wildman–Crippen LogP) is 10.8. The van der Waals surface area contributed by atoms with E-state index in [1.807, 2.05) is 0 Å². The molecular formula is C60H56O16. The quantitative estimate of drug-likeness (QED) is 0.0542. The van der Waals surface area contributed by atoms with Crippen LogP contribution in [0.2, 0.25) is 0 Å². The second-order valence-corrected chi connectivity index (χ2v) is 18.3. The monoisotopic (exact) mass is 1030 g/mol. The highest BCUT2D eigenvalue weighted by atomic mass is 16.5. The van der Waals surface area contributed by atoms with Crippen molar-refractivity contribution in [3.8, 4) is 92.0 Å². The summed E-state index contributed by atoms with van der Waals surface area (Å²) in [6.45, 7) is 7.42. The van der Waals surface area contributed by atoms with Crippen LogP contribution in [0.4, 0.5) is 0 Å². The fourth-order valence-corrected chi connectivity index (χ4v) is 10.3. The molecule has 1 aliphatic carbocycles. The number of hydrogen-bond donors (Lipinski definition) is 12. The summed E-state index contributed by atoms with van der Waals surface area (Å²) in [7, 11) is 0. The number of rotatable bonds is 12. The molecule has 76 heavy (non-hydrogen) atoms. The molecule has 16 heteroatoms. The highest BCUT2D eigenvalue weighted by Gasteiger charge is 2.36. The number of hydrogen-bond acceptors (Lipinski definition) is 16. The van der Waals surface area contributed by atoms with Crippen molar-refractivity contribution < 1.29 is 80.2 Å². The molecule has 8 bridgehead atoms. The lowest BCUT2D eigenvalue weighted by atomic mass is 9.75. The first-order valence-corrected chi connectivity index (χ1v) is 24.5.